The number of carboxylic acids is 1. The summed E-state index contributed by atoms with van der Waals surface area (Å²) in [5.74, 6) is -3.20. The largest absolute Gasteiger partial charge is 0.479 e. The third-order valence-electron chi connectivity index (χ3n) is 11.1. The summed E-state index contributed by atoms with van der Waals surface area (Å²) in [5, 5.41) is 31.2. The van der Waals surface area contributed by atoms with Gasteiger partial charge >= 0.3 is 23.9 Å². The minimum absolute atomic E-state index is 0.0559. The molecule has 0 aromatic carbocycles. The van der Waals surface area contributed by atoms with Gasteiger partial charge in [0, 0.05) is 19.3 Å². The van der Waals surface area contributed by atoms with Crippen molar-refractivity contribution in [3.8, 4) is 0 Å². The van der Waals surface area contributed by atoms with Crippen LogP contribution in [0, 0.1) is 0 Å². The van der Waals surface area contributed by atoms with Crippen LogP contribution < -0.4 is 0 Å². The van der Waals surface area contributed by atoms with Crippen molar-refractivity contribution in [1.29, 1.82) is 0 Å². The maximum Gasteiger partial charge on any atom is 0.335 e. The molecule has 12 heteroatoms. The number of aliphatic hydroxyl groups is 2. The fourth-order valence-electron chi connectivity index (χ4n) is 7.23. The Bertz CT molecular complexity index is 1370. The number of ether oxygens (including phenoxy) is 5. The molecule has 65 heavy (non-hydrogen) atoms. The van der Waals surface area contributed by atoms with Crippen LogP contribution in [0.25, 0.3) is 0 Å². The lowest BCUT2D eigenvalue weighted by Crippen LogP contribution is -2.61. The second-order valence-electron chi connectivity index (χ2n) is 17.1. The molecule has 0 aromatic heterocycles. The Kier molecular flexibility index (Phi) is 38.2. The second kappa shape index (κ2) is 41.8. The predicted molar refractivity (Wildman–Crippen MR) is 257 cm³/mol. The van der Waals surface area contributed by atoms with Crippen LogP contribution in [0.15, 0.2) is 60.8 Å². The van der Waals surface area contributed by atoms with Crippen LogP contribution in [0.4, 0.5) is 0 Å². The molecule has 0 radical (unpaired) electrons. The number of carboxylic acid groups (broad SMARTS) is 1. The minimum atomic E-state index is -1.90. The number of rotatable bonds is 41. The number of unbranched alkanes of at least 4 members (excludes halogenated alkanes) is 17. The van der Waals surface area contributed by atoms with E-state index >= 15 is 0 Å². The quantitative estimate of drug-likeness (QED) is 0.0229. The number of hydrogen-bond donors (Lipinski definition) is 3. The molecule has 0 spiro atoms. The van der Waals surface area contributed by atoms with Crippen molar-refractivity contribution in [1.82, 2.24) is 0 Å². The van der Waals surface area contributed by atoms with Crippen LogP contribution in [0.1, 0.15) is 201 Å². The zero-order valence-electron chi connectivity index (χ0n) is 40.5. The highest BCUT2D eigenvalue weighted by atomic mass is 16.7. The van der Waals surface area contributed by atoms with E-state index in [1.165, 1.54) is 57.8 Å². The van der Waals surface area contributed by atoms with Gasteiger partial charge in [-0.25, -0.2) is 4.79 Å². The molecule has 3 N–H and O–H groups in total. The Labute approximate surface area is 392 Å². The summed E-state index contributed by atoms with van der Waals surface area (Å²) in [6.45, 7) is 5.73. The molecule has 1 aliphatic rings. The molecule has 1 fully saturated rings. The van der Waals surface area contributed by atoms with Crippen LogP contribution in [-0.4, -0.2) is 89.2 Å². The number of aliphatic carboxylic acids is 1. The van der Waals surface area contributed by atoms with Gasteiger partial charge in [0.25, 0.3) is 0 Å². The van der Waals surface area contributed by atoms with Crippen LogP contribution in [-0.2, 0) is 42.9 Å². The first-order valence-corrected chi connectivity index (χ1v) is 25.3. The third-order valence-corrected chi connectivity index (χ3v) is 11.1. The molecule has 1 aliphatic heterocycles. The van der Waals surface area contributed by atoms with Crippen molar-refractivity contribution in [3.05, 3.63) is 60.8 Å². The van der Waals surface area contributed by atoms with E-state index in [4.69, 9.17) is 23.7 Å². The molecule has 6 unspecified atom stereocenters. The van der Waals surface area contributed by atoms with E-state index in [1.807, 2.05) is 6.08 Å². The van der Waals surface area contributed by atoms with Gasteiger partial charge in [0.05, 0.1) is 6.61 Å². The minimum Gasteiger partial charge on any atom is -0.479 e. The van der Waals surface area contributed by atoms with Gasteiger partial charge in [0.15, 0.2) is 24.6 Å². The van der Waals surface area contributed by atoms with Crippen molar-refractivity contribution < 1.29 is 58.2 Å². The Balaban J connectivity index is 2.75. The number of aliphatic hydroxyl groups excluding tert-OH is 2. The molecule has 12 nitrogen and oxygen atoms in total. The fourth-order valence-corrected chi connectivity index (χ4v) is 7.23. The molecular formula is C53H88O12. The molecule has 1 saturated heterocycles. The van der Waals surface area contributed by atoms with Gasteiger partial charge in [-0.15, -0.1) is 0 Å². The van der Waals surface area contributed by atoms with Crippen molar-refractivity contribution in [2.75, 3.05) is 13.2 Å². The lowest BCUT2D eigenvalue weighted by molar-refractivity contribution is -0.301. The highest BCUT2D eigenvalue weighted by Gasteiger charge is 2.50. The van der Waals surface area contributed by atoms with E-state index in [1.54, 1.807) is 0 Å². The van der Waals surface area contributed by atoms with Crippen LogP contribution in [0.5, 0.6) is 0 Å². The summed E-state index contributed by atoms with van der Waals surface area (Å²) in [6.07, 6.45) is 36.7. The smallest absolute Gasteiger partial charge is 0.335 e. The van der Waals surface area contributed by atoms with Gasteiger partial charge in [-0.05, 0) is 57.8 Å². The van der Waals surface area contributed by atoms with Crippen LogP contribution >= 0.6 is 0 Å². The molecular weight excluding hydrogens is 829 g/mol. The molecule has 372 valence electrons. The Hall–Kier alpha value is -3.58. The van der Waals surface area contributed by atoms with Gasteiger partial charge in [-0.3, -0.25) is 14.4 Å². The topological polar surface area (TPSA) is 175 Å². The number of hydrogen-bond acceptors (Lipinski definition) is 11. The Morgan fingerprint density at radius 3 is 1.46 bits per heavy atom. The number of allylic oxidation sites excluding steroid dienone is 10. The first-order chi connectivity index (χ1) is 31.6. The normalized spacial score (nSPS) is 19.6. The van der Waals surface area contributed by atoms with Crippen molar-refractivity contribution >= 4 is 23.9 Å². The van der Waals surface area contributed by atoms with Crippen molar-refractivity contribution in [3.63, 3.8) is 0 Å². The van der Waals surface area contributed by atoms with Gasteiger partial charge in [-0.1, -0.05) is 184 Å². The molecule has 0 aromatic rings. The standard InChI is InChI=1S/C53H88O12/c1-4-7-10-13-16-19-20-21-22-23-24-25-26-29-30-33-36-39-45(54)61-42-44(63-46(55)40-37-34-31-27-17-14-11-8-5-2)43-62-53-51(49(58)48(57)50(65-53)52(59)60)64-47(56)41-38-35-32-28-18-15-12-9-6-3/h7,10,16,19,21-22,24-25,29-30,44,48-51,53,57-58H,4-6,8-9,11-15,17-18,20,23,26-28,31-43H2,1-3H3,(H,59,60)/b10-7-,19-16-,22-21-,25-24-,30-29-. The monoisotopic (exact) mass is 917 g/mol. The van der Waals surface area contributed by atoms with E-state index in [0.29, 0.717) is 25.7 Å². The molecule has 6 atom stereocenters. The number of carbonyl (C=O) groups is 4. The molecule has 0 aliphatic carbocycles. The first-order valence-electron chi connectivity index (χ1n) is 25.3. The van der Waals surface area contributed by atoms with E-state index in [0.717, 1.165) is 77.0 Å². The van der Waals surface area contributed by atoms with Crippen LogP contribution in [0.3, 0.4) is 0 Å². The lowest BCUT2D eigenvalue weighted by atomic mass is 9.98. The van der Waals surface area contributed by atoms with Gasteiger partial charge in [0.1, 0.15) is 18.8 Å². The summed E-state index contributed by atoms with van der Waals surface area (Å²) in [4.78, 5) is 50.6. The van der Waals surface area contributed by atoms with E-state index in [2.05, 4.69) is 75.5 Å². The summed E-state index contributed by atoms with van der Waals surface area (Å²) in [7, 11) is 0. The van der Waals surface area contributed by atoms with E-state index in [-0.39, 0.29) is 25.9 Å². The zero-order chi connectivity index (χ0) is 47.6. The maximum absolute atomic E-state index is 13.0. The van der Waals surface area contributed by atoms with Gasteiger partial charge in [0.2, 0.25) is 0 Å². The maximum atomic E-state index is 13.0. The third kappa shape index (κ3) is 32.7. The molecule has 1 heterocycles. The lowest BCUT2D eigenvalue weighted by Gasteiger charge is -2.40. The SMILES string of the molecule is CC/C=C\C/C=C\C/C=C\C/C=C\C/C=C\CCCC(=O)OCC(COC1OC(C(=O)O)C(O)C(O)C1OC(=O)CCCCCCCCCCC)OC(=O)CCCCCCCCCCC. The van der Waals surface area contributed by atoms with Crippen molar-refractivity contribution in [2.45, 2.75) is 237 Å². The number of esters is 3. The van der Waals surface area contributed by atoms with E-state index in [9.17, 15) is 34.5 Å². The average molecular weight is 917 g/mol. The van der Waals surface area contributed by atoms with E-state index < -0.39 is 67.3 Å². The Morgan fingerprint density at radius 1 is 0.523 bits per heavy atom. The van der Waals surface area contributed by atoms with Gasteiger partial charge < -0.3 is 39.0 Å². The predicted octanol–water partition coefficient (Wildman–Crippen LogP) is 11.7. The molecule has 0 amide bonds. The summed E-state index contributed by atoms with van der Waals surface area (Å²) in [5.41, 5.74) is 0. The van der Waals surface area contributed by atoms with Crippen LogP contribution in [0.2, 0.25) is 0 Å². The number of carbonyl (C=O) groups excluding carboxylic acids is 3. The molecule has 0 saturated carbocycles. The second-order valence-corrected chi connectivity index (χ2v) is 17.1. The Morgan fingerprint density at radius 2 is 0.969 bits per heavy atom. The summed E-state index contributed by atoms with van der Waals surface area (Å²) in [6, 6.07) is 0. The van der Waals surface area contributed by atoms with Gasteiger partial charge in [-0.2, -0.15) is 0 Å². The fraction of sp³-hybridized carbons (Fsp3) is 0.736. The molecule has 0 bridgehead atoms. The summed E-state index contributed by atoms with van der Waals surface area (Å²) >= 11 is 0. The van der Waals surface area contributed by atoms with Crippen molar-refractivity contribution in [2.24, 2.45) is 0 Å². The first kappa shape index (κ1) is 59.4. The highest BCUT2D eigenvalue weighted by Crippen LogP contribution is 2.26. The highest BCUT2D eigenvalue weighted by molar-refractivity contribution is 5.74. The molecule has 1 rings (SSSR count). The summed E-state index contributed by atoms with van der Waals surface area (Å²) < 4.78 is 28.1. The average Bonchev–Trinajstić information content (AvgIpc) is 3.29. The zero-order valence-corrected chi connectivity index (χ0v) is 40.5.